The van der Waals surface area contributed by atoms with Crippen molar-refractivity contribution in [3.8, 4) is 11.1 Å². The highest BCUT2D eigenvalue weighted by molar-refractivity contribution is 6.79. The van der Waals surface area contributed by atoms with Crippen LogP contribution in [-0.4, -0.2) is 26.7 Å². The maximum atomic E-state index is 13.4. The van der Waals surface area contributed by atoms with Gasteiger partial charge in [-0.1, -0.05) is 24.3 Å². The molecule has 2 rings (SSSR count). The number of benzene rings is 2. The van der Waals surface area contributed by atoms with Crippen LogP contribution in [0.1, 0.15) is 20.8 Å². The molecule has 0 atom stereocenters. The molecule has 0 saturated heterocycles. The van der Waals surface area contributed by atoms with Gasteiger partial charge < -0.3 is 13.3 Å². The Labute approximate surface area is 159 Å². The summed E-state index contributed by atoms with van der Waals surface area (Å²) in [5.41, 5.74) is 0.334. The lowest BCUT2D eigenvalue weighted by molar-refractivity contribution is -0.146. The van der Waals surface area contributed by atoms with Crippen LogP contribution in [0, 0.1) is 17.5 Å². The lowest BCUT2D eigenvalue weighted by atomic mass is 10.1. The third kappa shape index (κ3) is 4.77. The third-order valence-electron chi connectivity index (χ3n) is 3.39. The molecule has 0 spiro atoms. The molecule has 0 fully saturated rings. The van der Waals surface area contributed by atoms with Gasteiger partial charge in [-0.2, -0.15) is 0 Å². The largest absolute Gasteiger partial charge is 0.742 e. The Morgan fingerprint density at radius 3 is 1.46 bits per heavy atom. The molecule has 0 aromatic heterocycles. The van der Waals surface area contributed by atoms with Crippen molar-refractivity contribution in [1.29, 1.82) is 0 Å². The van der Waals surface area contributed by atoms with Crippen molar-refractivity contribution in [3.05, 3.63) is 53.8 Å². The number of carbonyl (C=O) groups is 3. The van der Waals surface area contributed by atoms with Crippen molar-refractivity contribution in [1.82, 2.24) is 0 Å². The van der Waals surface area contributed by atoms with Crippen LogP contribution in [0.3, 0.4) is 0 Å². The summed E-state index contributed by atoms with van der Waals surface area (Å²) in [4.78, 5) is 34.5. The van der Waals surface area contributed by atoms with Crippen molar-refractivity contribution in [2.75, 3.05) is 0 Å². The van der Waals surface area contributed by atoms with Crippen LogP contribution in [-0.2, 0) is 27.7 Å². The fraction of sp³-hybridized carbons (Fsp3) is 0.167. The first kappa shape index (κ1) is 21.2. The normalized spacial score (nSPS) is 10.9. The summed E-state index contributed by atoms with van der Waals surface area (Å²) in [5.74, 6) is -6.85. The Hall–Kier alpha value is -3.14. The van der Waals surface area contributed by atoms with E-state index in [1.807, 2.05) is 0 Å². The summed E-state index contributed by atoms with van der Waals surface area (Å²) in [6, 6.07) is 6.97. The summed E-state index contributed by atoms with van der Waals surface area (Å²) < 4.78 is 55.3. The average molecular weight is 412 g/mol. The van der Waals surface area contributed by atoms with E-state index in [9.17, 15) is 27.6 Å². The molecule has 0 N–H and O–H groups in total. The molecule has 0 aliphatic heterocycles. The Morgan fingerprint density at radius 2 is 1.11 bits per heavy atom. The van der Waals surface area contributed by atoms with Gasteiger partial charge in [-0.3, -0.25) is 14.4 Å². The maximum Gasteiger partial charge on any atom is 0.742 e. The van der Waals surface area contributed by atoms with Crippen LogP contribution in [0.2, 0.25) is 0 Å². The molecule has 2 aromatic rings. The molecule has 0 unspecified atom stereocenters. The molecule has 0 heterocycles. The Kier molecular flexibility index (Phi) is 6.24. The first-order chi connectivity index (χ1) is 13.0. The zero-order valence-corrected chi connectivity index (χ0v) is 16.0. The third-order valence-corrected chi connectivity index (χ3v) is 6.10. The van der Waals surface area contributed by atoms with E-state index in [0.717, 1.165) is 32.9 Å². The second-order valence-corrected chi connectivity index (χ2v) is 7.97. The van der Waals surface area contributed by atoms with Gasteiger partial charge in [-0.05, 0) is 23.3 Å². The minimum atomic E-state index is -4.27. The lowest BCUT2D eigenvalue weighted by Crippen LogP contribution is -2.59. The molecule has 0 aliphatic rings. The average Bonchev–Trinajstić information content (AvgIpc) is 2.57. The molecule has 0 bridgehead atoms. The zero-order valence-electron chi connectivity index (χ0n) is 15.0. The second-order valence-electron chi connectivity index (χ2n) is 5.67. The van der Waals surface area contributed by atoms with Gasteiger partial charge >= 0.3 is 8.80 Å². The van der Waals surface area contributed by atoms with Crippen molar-refractivity contribution in [3.63, 3.8) is 0 Å². The van der Waals surface area contributed by atoms with E-state index in [4.69, 9.17) is 13.3 Å². The quantitative estimate of drug-likeness (QED) is 0.555. The van der Waals surface area contributed by atoms with Crippen LogP contribution in [0.15, 0.2) is 36.4 Å². The van der Waals surface area contributed by atoms with E-state index in [-0.39, 0.29) is 16.3 Å². The second kappa shape index (κ2) is 8.25. The number of hydrogen-bond donors (Lipinski definition) is 0. The SMILES string of the molecule is CC(=O)O[Si](OC(C)=O)(OC(C)=O)c1ccc(-c2cc(F)c(F)c(F)c2)cc1. The van der Waals surface area contributed by atoms with Gasteiger partial charge in [0.1, 0.15) is 0 Å². The molecule has 10 heteroatoms. The molecule has 0 saturated carbocycles. The first-order valence-corrected chi connectivity index (χ1v) is 9.60. The molecule has 0 radical (unpaired) electrons. The lowest BCUT2D eigenvalue weighted by Gasteiger charge is -2.26. The van der Waals surface area contributed by atoms with E-state index in [1.165, 1.54) is 24.3 Å². The highest BCUT2D eigenvalue weighted by Gasteiger charge is 2.54. The van der Waals surface area contributed by atoms with Crippen LogP contribution >= 0.6 is 0 Å². The topological polar surface area (TPSA) is 78.9 Å². The fourth-order valence-corrected chi connectivity index (χ4v) is 4.58. The van der Waals surface area contributed by atoms with E-state index < -0.39 is 44.2 Å². The summed E-state index contributed by atoms with van der Waals surface area (Å²) in [6.45, 7) is 3.15. The molecule has 2 aromatic carbocycles. The molecule has 6 nitrogen and oxygen atoms in total. The predicted octanol–water partition coefficient (Wildman–Crippen LogP) is 2.61. The maximum absolute atomic E-state index is 13.4. The summed E-state index contributed by atoms with van der Waals surface area (Å²) in [6.07, 6.45) is 0. The van der Waals surface area contributed by atoms with Gasteiger partial charge in [-0.25, -0.2) is 13.2 Å². The van der Waals surface area contributed by atoms with E-state index in [1.54, 1.807) is 0 Å². The number of halogens is 3. The van der Waals surface area contributed by atoms with Crippen LogP contribution in [0.5, 0.6) is 0 Å². The summed E-state index contributed by atoms with van der Waals surface area (Å²) in [5, 5.41) is 0.0832. The van der Waals surface area contributed by atoms with Crippen molar-refractivity contribution in [2.24, 2.45) is 0 Å². The number of rotatable bonds is 5. The standard InChI is InChI=1S/C18H15F3O6Si/c1-10(22)25-28(26-11(2)23,27-12(3)24)15-6-4-13(5-7-15)14-8-16(19)18(21)17(20)9-14/h4-9H,1-3H3. The minimum absolute atomic E-state index is 0.0441. The summed E-state index contributed by atoms with van der Waals surface area (Å²) in [7, 11) is -4.27. The summed E-state index contributed by atoms with van der Waals surface area (Å²) >= 11 is 0. The highest BCUT2D eigenvalue weighted by Crippen LogP contribution is 2.24. The number of carbonyl (C=O) groups excluding carboxylic acids is 3. The van der Waals surface area contributed by atoms with Gasteiger partial charge in [0.05, 0.1) is 5.19 Å². The van der Waals surface area contributed by atoms with Gasteiger partial charge in [0.25, 0.3) is 17.9 Å². The molecule has 28 heavy (non-hydrogen) atoms. The molecular formula is C18H15F3O6Si. The Bertz CT molecular complexity index is 866. The van der Waals surface area contributed by atoms with E-state index in [2.05, 4.69) is 0 Å². The van der Waals surface area contributed by atoms with E-state index >= 15 is 0 Å². The van der Waals surface area contributed by atoms with Crippen LogP contribution in [0.25, 0.3) is 11.1 Å². The molecule has 148 valence electrons. The van der Waals surface area contributed by atoms with Gasteiger partial charge in [0.2, 0.25) is 0 Å². The first-order valence-electron chi connectivity index (χ1n) is 7.88. The Morgan fingerprint density at radius 1 is 0.714 bits per heavy atom. The van der Waals surface area contributed by atoms with Crippen molar-refractivity contribution >= 4 is 31.9 Å². The molecule has 0 aliphatic carbocycles. The molecular weight excluding hydrogens is 397 g/mol. The van der Waals surface area contributed by atoms with Crippen molar-refractivity contribution in [2.45, 2.75) is 20.8 Å². The minimum Gasteiger partial charge on any atom is -0.452 e. The molecule has 0 amide bonds. The number of hydrogen-bond acceptors (Lipinski definition) is 6. The van der Waals surface area contributed by atoms with E-state index in [0.29, 0.717) is 0 Å². The smallest absolute Gasteiger partial charge is 0.452 e. The monoisotopic (exact) mass is 412 g/mol. The zero-order chi connectivity index (χ0) is 21.1. The van der Waals surface area contributed by atoms with Crippen LogP contribution < -0.4 is 5.19 Å². The fourth-order valence-electron chi connectivity index (χ4n) is 2.40. The predicted molar refractivity (Wildman–Crippen MR) is 92.4 cm³/mol. The van der Waals surface area contributed by atoms with Crippen LogP contribution in [0.4, 0.5) is 13.2 Å². The van der Waals surface area contributed by atoms with Gasteiger partial charge in [0.15, 0.2) is 17.5 Å². The van der Waals surface area contributed by atoms with Crippen molar-refractivity contribution < 1.29 is 40.8 Å². The van der Waals surface area contributed by atoms with Gasteiger partial charge in [0, 0.05) is 20.8 Å². The Balaban J connectivity index is 2.52. The van der Waals surface area contributed by atoms with Gasteiger partial charge in [-0.15, -0.1) is 0 Å². The highest BCUT2D eigenvalue weighted by atomic mass is 28.4.